The number of aliphatic hydroxyl groups is 2. The van der Waals surface area contributed by atoms with Crippen LogP contribution in [0.5, 0.6) is 5.75 Å². The molecular weight excluding hydrogens is 438 g/mol. The lowest BCUT2D eigenvalue weighted by molar-refractivity contribution is -0.126. The molecule has 0 spiro atoms. The number of aromatic nitrogens is 1. The molecule has 0 fully saturated rings. The molecule has 3 aliphatic rings. The van der Waals surface area contributed by atoms with Gasteiger partial charge < -0.3 is 31.4 Å². The van der Waals surface area contributed by atoms with Gasteiger partial charge in [-0.15, -0.1) is 0 Å². The predicted molar refractivity (Wildman–Crippen MR) is 122 cm³/mol. The van der Waals surface area contributed by atoms with Gasteiger partial charge in [0.2, 0.25) is 0 Å². The minimum atomic E-state index is -1.12. The van der Waals surface area contributed by atoms with Crippen molar-refractivity contribution >= 4 is 17.5 Å². The summed E-state index contributed by atoms with van der Waals surface area (Å²) in [6.07, 6.45) is 0.748. The van der Waals surface area contributed by atoms with Gasteiger partial charge in [-0.2, -0.15) is 0 Å². The zero-order valence-electron chi connectivity index (χ0n) is 18.5. The van der Waals surface area contributed by atoms with Gasteiger partial charge in [-0.05, 0) is 61.6 Å². The second-order valence-corrected chi connectivity index (χ2v) is 9.17. The molecular formula is C25H25N3O6. The molecule has 3 unspecified atom stereocenters. The number of hydrogen-bond acceptors (Lipinski definition) is 7. The average Bonchev–Trinajstić information content (AvgIpc) is 3.21. The van der Waals surface area contributed by atoms with Gasteiger partial charge in [-0.1, -0.05) is 0 Å². The number of primary amides is 1. The summed E-state index contributed by atoms with van der Waals surface area (Å²) in [5, 5.41) is 35.0. The Morgan fingerprint density at radius 3 is 2.62 bits per heavy atom. The van der Waals surface area contributed by atoms with Crippen molar-refractivity contribution in [1.29, 1.82) is 0 Å². The summed E-state index contributed by atoms with van der Waals surface area (Å²) in [6.45, 7) is 0.643. The molecule has 9 nitrogen and oxygen atoms in total. The number of allylic oxidation sites excluding steroid dienone is 3. The molecule has 0 bridgehead atoms. The van der Waals surface area contributed by atoms with Gasteiger partial charge in [0.1, 0.15) is 22.8 Å². The van der Waals surface area contributed by atoms with Crippen molar-refractivity contribution in [2.75, 3.05) is 7.05 Å². The Morgan fingerprint density at radius 2 is 1.91 bits per heavy atom. The molecule has 34 heavy (non-hydrogen) atoms. The maximum absolute atomic E-state index is 13.6. The molecule has 0 saturated heterocycles. The second kappa shape index (κ2) is 7.88. The number of phenols is 1. The van der Waals surface area contributed by atoms with Crippen molar-refractivity contribution in [2.24, 2.45) is 23.5 Å². The summed E-state index contributed by atoms with van der Waals surface area (Å²) < 4.78 is 0. The van der Waals surface area contributed by atoms with Crippen LogP contribution in [0.4, 0.5) is 0 Å². The van der Waals surface area contributed by atoms with Gasteiger partial charge in [0.15, 0.2) is 11.6 Å². The molecule has 176 valence electrons. The highest BCUT2D eigenvalue weighted by Gasteiger charge is 2.50. The maximum atomic E-state index is 13.6. The number of carbonyl (C=O) groups is 3. The second-order valence-electron chi connectivity index (χ2n) is 9.17. The van der Waals surface area contributed by atoms with E-state index in [0.29, 0.717) is 24.9 Å². The lowest BCUT2D eigenvalue weighted by Gasteiger charge is -2.41. The first-order valence-electron chi connectivity index (χ1n) is 11.1. The standard InChI is InChI=1S/C25H25N3O6/c1-27-9-12-2-4-15(28-12)13-3-5-16(29)20-14(13)7-10-6-11-8-17(30)21(25(26)34)24(33)19(11)22(31)18(10)23(20)32/h2-5,10-11,19,27-31H,6-9H2,1H3,(H2,26,34). The third kappa shape index (κ3) is 3.15. The van der Waals surface area contributed by atoms with E-state index < -0.39 is 46.6 Å². The largest absolute Gasteiger partial charge is 0.511 e. The van der Waals surface area contributed by atoms with Gasteiger partial charge in [0, 0.05) is 35.5 Å². The lowest BCUT2D eigenvalue weighted by atomic mass is 9.62. The zero-order valence-corrected chi connectivity index (χ0v) is 18.5. The Kier molecular flexibility index (Phi) is 5.09. The number of aliphatic hydroxyl groups excluding tert-OH is 2. The number of carbonyl (C=O) groups excluding carboxylic acids is 3. The van der Waals surface area contributed by atoms with Crippen LogP contribution in [0.2, 0.25) is 0 Å². The number of fused-ring (bicyclic) bond motifs is 3. The van der Waals surface area contributed by atoms with Crippen LogP contribution in [0.1, 0.15) is 34.5 Å². The van der Waals surface area contributed by atoms with E-state index in [1.165, 1.54) is 6.07 Å². The fraction of sp³-hybridized carbons (Fsp3) is 0.320. The molecule has 3 aliphatic carbocycles. The molecule has 0 radical (unpaired) electrons. The zero-order chi connectivity index (χ0) is 24.3. The number of Topliss-reactive ketones (excluding diaryl/α,β-unsaturated/α-hetero) is 2. The number of H-pyrrole nitrogens is 1. The summed E-state index contributed by atoms with van der Waals surface area (Å²) in [5.74, 6) is -5.32. The molecule has 2 aromatic rings. The van der Waals surface area contributed by atoms with Crippen LogP contribution in [-0.2, 0) is 22.6 Å². The topological polar surface area (TPSA) is 166 Å². The fourth-order valence-electron chi connectivity index (χ4n) is 5.78. The highest BCUT2D eigenvalue weighted by Crippen LogP contribution is 2.50. The third-order valence-electron chi connectivity index (χ3n) is 7.17. The van der Waals surface area contributed by atoms with E-state index in [0.717, 1.165) is 17.0 Å². The van der Waals surface area contributed by atoms with E-state index in [9.17, 15) is 29.7 Å². The quantitative estimate of drug-likeness (QED) is 0.378. The SMILES string of the molecule is CNCc1ccc(-c2ccc(O)c3c2CC2CC4CC(O)=C(C(N)=O)C(=O)C4C(O)=C2C3=O)[nH]1. The number of amides is 1. The Hall–Kier alpha value is -3.85. The minimum Gasteiger partial charge on any atom is -0.511 e. The van der Waals surface area contributed by atoms with E-state index in [1.54, 1.807) is 6.07 Å². The number of rotatable bonds is 4. The number of nitrogens with one attached hydrogen (secondary N) is 2. The van der Waals surface area contributed by atoms with Crippen LogP contribution in [0, 0.1) is 17.8 Å². The Balaban J connectivity index is 1.61. The third-order valence-corrected chi connectivity index (χ3v) is 7.17. The van der Waals surface area contributed by atoms with Gasteiger partial charge in [-0.25, -0.2) is 0 Å². The van der Waals surface area contributed by atoms with Crippen molar-refractivity contribution in [1.82, 2.24) is 10.3 Å². The highest BCUT2D eigenvalue weighted by atomic mass is 16.3. The molecule has 3 atom stereocenters. The number of aromatic hydroxyl groups is 1. The Bertz CT molecular complexity index is 1320. The molecule has 1 aromatic carbocycles. The van der Waals surface area contributed by atoms with Crippen LogP contribution in [-0.4, -0.2) is 44.8 Å². The number of nitrogens with two attached hydrogens (primary N) is 1. The van der Waals surface area contributed by atoms with E-state index >= 15 is 0 Å². The normalized spacial score (nSPS) is 24.1. The Labute approximate surface area is 195 Å². The van der Waals surface area contributed by atoms with E-state index in [2.05, 4.69) is 10.3 Å². The van der Waals surface area contributed by atoms with Crippen LogP contribution in [0.3, 0.4) is 0 Å². The molecule has 1 aromatic heterocycles. The number of aromatic amines is 1. The smallest absolute Gasteiger partial charge is 0.255 e. The molecule has 1 heterocycles. The summed E-state index contributed by atoms with van der Waals surface area (Å²) in [7, 11) is 1.84. The summed E-state index contributed by atoms with van der Waals surface area (Å²) >= 11 is 0. The van der Waals surface area contributed by atoms with Gasteiger partial charge >= 0.3 is 0 Å². The molecule has 1 amide bonds. The Morgan fingerprint density at radius 1 is 1.15 bits per heavy atom. The molecule has 7 N–H and O–H groups in total. The van der Waals surface area contributed by atoms with E-state index in [4.69, 9.17) is 5.73 Å². The van der Waals surface area contributed by atoms with Crippen molar-refractivity contribution in [2.45, 2.75) is 25.8 Å². The monoisotopic (exact) mass is 463 g/mol. The van der Waals surface area contributed by atoms with Gasteiger partial charge in [0.05, 0.1) is 11.5 Å². The van der Waals surface area contributed by atoms with Crippen molar-refractivity contribution in [3.8, 4) is 17.0 Å². The van der Waals surface area contributed by atoms with Crippen molar-refractivity contribution in [3.63, 3.8) is 0 Å². The van der Waals surface area contributed by atoms with Crippen LogP contribution in [0.15, 0.2) is 46.9 Å². The summed E-state index contributed by atoms with van der Waals surface area (Å²) in [6, 6.07) is 7.06. The highest BCUT2D eigenvalue weighted by molar-refractivity contribution is 6.22. The van der Waals surface area contributed by atoms with Crippen molar-refractivity contribution < 1.29 is 29.7 Å². The first-order valence-corrected chi connectivity index (χ1v) is 11.1. The maximum Gasteiger partial charge on any atom is 0.255 e. The molecule has 0 saturated carbocycles. The minimum absolute atomic E-state index is 0.0144. The molecule has 0 aliphatic heterocycles. The average molecular weight is 463 g/mol. The van der Waals surface area contributed by atoms with E-state index in [-0.39, 0.29) is 29.1 Å². The number of hydrogen-bond donors (Lipinski definition) is 6. The van der Waals surface area contributed by atoms with E-state index in [1.807, 2.05) is 19.2 Å². The fourth-order valence-corrected chi connectivity index (χ4v) is 5.78. The summed E-state index contributed by atoms with van der Waals surface area (Å²) in [4.78, 5) is 41.5. The number of phenolic OH excluding ortho intramolecular Hbond substituents is 1. The van der Waals surface area contributed by atoms with Gasteiger partial charge in [0.25, 0.3) is 5.91 Å². The first kappa shape index (κ1) is 22.0. The lowest BCUT2D eigenvalue weighted by Crippen LogP contribution is -2.43. The van der Waals surface area contributed by atoms with Crippen LogP contribution >= 0.6 is 0 Å². The first-order chi connectivity index (χ1) is 16.2. The molecule has 9 heteroatoms. The number of ketones is 2. The number of benzene rings is 1. The van der Waals surface area contributed by atoms with Crippen LogP contribution in [0.25, 0.3) is 11.3 Å². The van der Waals surface area contributed by atoms with Crippen LogP contribution < -0.4 is 11.1 Å². The van der Waals surface area contributed by atoms with Gasteiger partial charge in [-0.3, -0.25) is 14.4 Å². The molecule has 5 rings (SSSR count). The van der Waals surface area contributed by atoms with Crippen molar-refractivity contribution in [3.05, 3.63) is 63.8 Å². The summed E-state index contributed by atoms with van der Waals surface area (Å²) in [5.41, 5.74) is 8.16. The predicted octanol–water partition coefficient (Wildman–Crippen LogP) is 2.18.